The second kappa shape index (κ2) is 8.44. The van der Waals surface area contributed by atoms with E-state index in [-0.39, 0.29) is 5.91 Å². The number of hydrogen-bond acceptors (Lipinski definition) is 4. The molecular weight excluding hydrogens is 218 g/mol. The molecule has 1 aliphatic heterocycles. The van der Waals surface area contributed by atoms with Crippen molar-refractivity contribution in [1.29, 1.82) is 0 Å². The van der Waals surface area contributed by atoms with Crippen LogP contribution in [0.25, 0.3) is 0 Å². The van der Waals surface area contributed by atoms with Crippen LogP contribution < -0.4 is 11.1 Å². The second-order valence-corrected chi connectivity index (χ2v) is 4.42. The van der Waals surface area contributed by atoms with Gasteiger partial charge in [0.05, 0.1) is 6.61 Å². The van der Waals surface area contributed by atoms with Crippen molar-refractivity contribution in [3.05, 3.63) is 0 Å². The van der Waals surface area contributed by atoms with Gasteiger partial charge in [0.15, 0.2) is 0 Å². The Morgan fingerprint density at radius 2 is 2.18 bits per heavy atom. The summed E-state index contributed by atoms with van der Waals surface area (Å²) in [5.41, 5.74) is 5.52. The van der Waals surface area contributed by atoms with Gasteiger partial charge in [-0.05, 0) is 19.8 Å². The molecule has 0 radical (unpaired) electrons. The van der Waals surface area contributed by atoms with E-state index in [1.807, 2.05) is 6.92 Å². The summed E-state index contributed by atoms with van der Waals surface area (Å²) in [5.74, 6) is 0.107. The van der Waals surface area contributed by atoms with Crippen LogP contribution in [0.4, 0.5) is 0 Å². The second-order valence-electron chi connectivity index (χ2n) is 4.42. The molecular formula is C12H25N3O2. The molecule has 17 heavy (non-hydrogen) atoms. The molecule has 100 valence electrons. The summed E-state index contributed by atoms with van der Waals surface area (Å²) in [4.78, 5) is 13.9. The number of nitrogens with two attached hydrogens (primary N) is 1. The minimum absolute atomic E-state index is 0.107. The van der Waals surface area contributed by atoms with Crippen LogP contribution >= 0.6 is 0 Å². The van der Waals surface area contributed by atoms with Gasteiger partial charge in [0.2, 0.25) is 5.91 Å². The Labute approximate surface area is 104 Å². The van der Waals surface area contributed by atoms with Crippen LogP contribution in [0, 0.1) is 0 Å². The summed E-state index contributed by atoms with van der Waals surface area (Å²) in [6.45, 7) is 6.88. The van der Waals surface area contributed by atoms with Gasteiger partial charge in [-0.1, -0.05) is 0 Å². The van der Waals surface area contributed by atoms with Crippen molar-refractivity contribution in [2.24, 2.45) is 5.73 Å². The Bertz CT molecular complexity index is 216. The number of hydrogen-bond donors (Lipinski definition) is 2. The van der Waals surface area contributed by atoms with Crippen LogP contribution in [0.15, 0.2) is 0 Å². The summed E-state index contributed by atoms with van der Waals surface area (Å²) in [6.07, 6.45) is 2.53. The normalized spacial score (nSPS) is 18.2. The quantitative estimate of drug-likeness (QED) is 0.615. The maximum Gasteiger partial charge on any atom is 0.222 e. The summed E-state index contributed by atoms with van der Waals surface area (Å²) in [6, 6.07) is 0.332. The van der Waals surface area contributed by atoms with Crippen LogP contribution in [0.5, 0.6) is 0 Å². The molecule has 5 nitrogen and oxygen atoms in total. The Balaban J connectivity index is 2.10. The van der Waals surface area contributed by atoms with Crippen molar-refractivity contribution in [2.45, 2.75) is 32.2 Å². The van der Waals surface area contributed by atoms with Gasteiger partial charge in [0.1, 0.15) is 0 Å². The molecule has 5 heteroatoms. The summed E-state index contributed by atoms with van der Waals surface area (Å²) < 4.78 is 5.16. The first kappa shape index (κ1) is 14.4. The van der Waals surface area contributed by atoms with Crippen molar-refractivity contribution < 1.29 is 9.53 Å². The number of nitrogens with zero attached hydrogens (tertiary/aromatic N) is 1. The molecule has 0 spiro atoms. The van der Waals surface area contributed by atoms with Gasteiger partial charge in [-0.3, -0.25) is 4.79 Å². The number of carbonyl (C=O) groups is 1. The number of rotatable bonds is 7. The van der Waals surface area contributed by atoms with E-state index in [0.29, 0.717) is 32.2 Å². The fourth-order valence-electron chi connectivity index (χ4n) is 2.09. The lowest BCUT2D eigenvalue weighted by atomic mass is 10.0. The number of nitrogens with one attached hydrogen (secondary N) is 1. The van der Waals surface area contributed by atoms with E-state index in [2.05, 4.69) is 10.2 Å². The zero-order valence-corrected chi connectivity index (χ0v) is 10.8. The van der Waals surface area contributed by atoms with Crippen molar-refractivity contribution >= 4 is 5.91 Å². The molecule has 3 N–H and O–H groups in total. The number of likely N-dealkylation sites (tertiary alicyclic amines) is 1. The summed E-state index contributed by atoms with van der Waals surface area (Å²) in [7, 11) is 0. The lowest BCUT2D eigenvalue weighted by Gasteiger charge is -2.32. The standard InChI is InChI=1S/C12H25N3O2/c1-2-17-10-5-12(16)14-11-3-7-15(8-4-11)9-6-13/h11H,2-10,13H2,1H3,(H,14,16). The highest BCUT2D eigenvalue weighted by Crippen LogP contribution is 2.09. The highest BCUT2D eigenvalue weighted by atomic mass is 16.5. The lowest BCUT2D eigenvalue weighted by Crippen LogP contribution is -2.45. The fourth-order valence-corrected chi connectivity index (χ4v) is 2.09. The first-order valence-electron chi connectivity index (χ1n) is 6.55. The molecule has 0 aliphatic carbocycles. The van der Waals surface area contributed by atoms with E-state index in [1.54, 1.807) is 0 Å². The Morgan fingerprint density at radius 1 is 1.47 bits per heavy atom. The molecule has 1 heterocycles. The molecule has 0 bridgehead atoms. The van der Waals surface area contributed by atoms with Gasteiger partial charge in [0, 0.05) is 45.2 Å². The summed E-state index contributed by atoms with van der Waals surface area (Å²) in [5, 5.41) is 3.06. The minimum Gasteiger partial charge on any atom is -0.381 e. The SMILES string of the molecule is CCOCCC(=O)NC1CCN(CCN)CC1. The van der Waals surface area contributed by atoms with Gasteiger partial charge in [0.25, 0.3) is 0 Å². The van der Waals surface area contributed by atoms with E-state index in [0.717, 1.165) is 32.5 Å². The van der Waals surface area contributed by atoms with Crippen molar-refractivity contribution in [3.63, 3.8) is 0 Å². The summed E-state index contributed by atoms with van der Waals surface area (Å²) >= 11 is 0. The molecule has 0 aromatic heterocycles. The van der Waals surface area contributed by atoms with E-state index >= 15 is 0 Å². The van der Waals surface area contributed by atoms with E-state index in [1.165, 1.54) is 0 Å². The molecule has 0 aromatic carbocycles. The Kier molecular flexibility index (Phi) is 7.16. The third-order valence-corrected chi connectivity index (χ3v) is 3.08. The maximum atomic E-state index is 11.6. The minimum atomic E-state index is 0.107. The van der Waals surface area contributed by atoms with E-state index < -0.39 is 0 Å². The average molecular weight is 243 g/mol. The van der Waals surface area contributed by atoms with Crippen LogP contribution in [0.1, 0.15) is 26.2 Å². The molecule has 0 saturated carbocycles. The molecule has 1 aliphatic rings. The lowest BCUT2D eigenvalue weighted by molar-refractivity contribution is -0.123. The van der Waals surface area contributed by atoms with E-state index in [9.17, 15) is 4.79 Å². The molecule has 1 saturated heterocycles. The highest BCUT2D eigenvalue weighted by molar-refractivity contribution is 5.76. The molecule has 0 unspecified atom stereocenters. The van der Waals surface area contributed by atoms with Crippen LogP contribution in [0.3, 0.4) is 0 Å². The molecule has 1 fully saturated rings. The van der Waals surface area contributed by atoms with Crippen molar-refractivity contribution in [2.75, 3.05) is 39.4 Å². The van der Waals surface area contributed by atoms with Crippen molar-refractivity contribution in [3.8, 4) is 0 Å². The predicted molar refractivity (Wildman–Crippen MR) is 67.8 cm³/mol. The fraction of sp³-hybridized carbons (Fsp3) is 0.917. The van der Waals surface area contributed by atoms with Gasteiger partial charge in [-0.2, -0.15) is 0 Å². The van der Waals surface area contributed by atoms with Gasteiger partial charge < -0.3 is 20.7 Å². The number of piperidine rings is 1. The average Bonchev–Trinajstić information content (AvgIpc) is 2.32. The maximum absolute atomic E-state index is 11.6. The molecule has 0 aromatic rings. The van der Waals surface area contributed by atoms with Crippen LogP contribution in [-0.4, -0.2) is 56.2 Å². The van der Waals surface area contributed by atoms with Crippen LogP contribution in [0.2, 0.25) is 0 Å². The third kappa shape index (κ3) is 6.00. The Morgan fingerprint density at radius 3 is 2.76 bits per heavy atom. The number of amides is 1. The number of carbonyl (C=O) groups excluding carboxylic acids is 1. The first-order chi connectivity index (χ1) is 8.26. The topological polar surface area (TPSA) is 67.6 Å². The van der Waals surface area contributed by atoms with Gasteiger partial charge >= 0.3 is 0 Å². The zero-order valence-electron chi connectivity index (χ0n) is 10.8. The van der Waals surface area contributed by atoms with E-state index in [4.69, 9.17) is 10.5 Å². The predicted octanol–water partition coefficient (Wildman–Crippen LogP) is -0.0477. The smallest absolute Gasteiger partial charge is 0.222 e. The molecule has 0 atom stereocenters. The number of ether oxygens (including phenoxy) is 1. The van der Waals surface area contributed by atoms with Gasteiger partial charge in [-0.25, -0.2) is 0 Å². The van der Waals surface area contributed by atoms with Crippen molar-refractivity contribution in [1.82, 2.24) is 10.2 Å². The third-order valence-electron chi connectivity index (χ3n) is 3.08. The molecule has 1 rings (SSSR count). The monoisotopic (exact) mass is 243 g/mol. The van der Waals surface area contributed by atoms with Gasteiger partial charge in [-0.15, -0.1) is 0 Å². The first-order valence-corrected chi connectivity index (χ1v) is 6.55. The zero-order chi connectivity index (χ0) is 12.5. The van der Waals surface area contributed by atoms with Crippen LogP contribution in [-0.2, 0) is 9.53 Å². The Hall–Kier alpha value is -0.650. The highest BCUT2D eigenvalue weighted by Gasteiger charge is 2.19. The molecule has 1 amide bonds. The largest absolute Gasteiger partial charge is 0.381 e.